The minimum atomic E-state index is -0.317. The molecule has 0 aliphatic carbocycles. The van der Waals surface area contributed by atoms with Gasteiger partial charge in [0.05, 0.1) is 7.11 Å². The number of carbonyl (C=O) groups excluding carboxylic acids is 1. The summed E-state index contributed by atoms with van der Waals surface area (Å²) in [5, 5.41) is 0.737. The molecule has 1 heterocycles. The van der Waals surface area contributed by atoms with Crippen LogP contribution in [0.3, 0.4) is 0 Å². The molecule has 0 bridgehead atoms. The highest BCUT2D eigenvalue weighted by Gasteiger charge is 2.41. The van der Waals surface area contributed by atoms with Gasteiger partial charge in [0.2, 0.25) is 0 Å². The molecule has 0 fully saturated rings. The van der Waals surface area contributed by atoms with Crippen LogP contribution in [0.1, 0.15) is 45.6 Å². The third kappa shape index (κ3) is 2.51. The molecule has 110 valence electrons. The highest BCUT2D eigenvalue weighted by molar-refractivity contribution is 6.30. The van der Waals surface area contributed by atoms with Gasteiger partial charge in [-0.05, 0) is 56.9 Å². The summed E-state index contributed by atoms with van der Waals surface area (Å²) < 4.78 is 4.92. The Balaban J connectivity index is 2.54. The Bertz CT molecular complexity index is 527. The van der Waals surface area contributed by atoms with Crippen molar-refractivity contribution >= 4 is 23.3 Å². The molecule has 4 heteroatoms. The number of hydrogen-bond acceptors (Lipinski definition) is 3. The minimum Gasteiger partial charge on any atom is -0.467 e. The number of anilines is 1. The SMILES string of the molecule is COC(=O)[C@H](C)N1c2ccc(Cl)cc2[C@H](C)CC1(C)C. The van der Waals surface area contributed by atoms with Crippen molar-refractivity contribution < 1.29 is 9.53 Å². The van der Waals surface area contributed by atoms with E-state index in [0.717, 1.165) is 17.1 Å². The Kier molecular flexibility index (Phi) is 4.01. The van der Waals surface area contributed by atoms with Gasteiger partial charge in [-0.1, -0.05) is 18.5 Å². The lowest BCUT2D eigenvalue weighted by molar-refractivity contribution is -0.142. The van der Waals surface area contributed by atoms with Crippen molar-refractivity contribution in [3.8, 4) is 0 Å². The summed E-state index contributed by atoms with van der Waals surface area (Å²) in [5.74, 6) is 0.202. The van der Waals surface area contributed by atoms with Crippen molar-refractivity contribution in [2.45, 2.75) is 51.6 Å². The average molecular weight is 296 g/mol. The summed E-state index contributed by atoms with van der Waals surface area (Å²) in [6, 6.07) is 5.58. The first-order chi connectivity index (χ1) is 9.27. The third-order valence-electron chi connectivity index (χ3n) is 4.17. The predicted octanol–water partition coefficient (Wildman–Crippen LogP) is 3.99. The van der Waals surface area contributed by atoms with Crippen LogP contribution < -0.4 is 4.90 Å². The number of benzene rings is 1. The molecular formula is C16H22ClNO2. The summed E-state index contributed by atoms with van der Waals surface area (Å²) in [4.78, 5) is 14.1. The van der Waals surface area contributed by atoms with Crippen LogP contribution in [-0.2, 0) is 9.53 Å². The van der Waals surface area contributed by atoms with E-state index < -0.39 is 0 Å². The molecule has 0 radical (unpaired) electrons. The molecule has 2 atom stereocenters. The number of rotatable bonds is 2. The lowest BCUT2D eigenvalue weighted by Crippen LogP contribution is -2.55. The van der Waals surface area contributed by atoms with Gasteiger partial charge < -0.3 is 9.64 Å². The van der Waals surface area contributed by atoms with Crippen LogP contribution in [0.2, 0.25) is 5.02 Å². The number of methoxy groups -OCH3 is 1. The maximum absolute atomic E-state index is 12.0. The van der Waals surface area contributed by atoms with E-state index in [2.05, 4.69) is 25.7 Å². The van der Waals surface area contributed by atoms with E-state index in [0.29, 0.717) is 5.92 Å². The molecular weight excluding hydrogens is 274 g/mol. The van der Waals surface area contributed by atoms with Crippen LogP contribution in [0.15, 0.2) is 18.2 Å². The summed E-state index contributed by atoms with van der Waals surface area (Å²) >= 11 is 6.12. The topological polar surface area (TPSA) is 29.5 Å². The Labute approximate surface area is 125 Å². The second kappa shape index (κ2) is 5.28. The molecule has 0 amide bonds. The molecule has 0 unspecified atom stereocenters. The zero-order valence-corrected chi connectivity index (χ0v) is 13.5. The Hall–Kier alpha value is -1.22. The van der Waals surface area contributed by atoms with Crippen LogP contribution in [0, 0.1) is 0 Å². The number of nitrogens with zero attached hydrogens (tertiary/aromatic N) is 1. The molecule has 2 rings (SSSR count). The van der Waals surface area contributed by atoms with Crippen molar-refractivity contribution in [1.82, 2.24) is 0 Å². The molecule has 1 aliphatic heterocycles. The molecule has 0 aromatic heterocycles. The van der Waals surface area contributed by atoms with Crippen molar-refractivity contribution in [2.75, 3.05) is 12.0 Å². The van der Waals surface area contributed by atoms with E-state index in [-0.39, 0.29) is 17.6 Å². The van der Waals surface area contributed by atoms with Crippen molar-refractivity contribution in [3.05, 3.63) is 28.8 Å². The number of esters is 1. The van der Waals surface area contributed by atoms with Gasteiger partial charge in [0.15, 0.2) is 0 Å². The largest absolute Gasteiger partial charge is 0.467 e. The average Bonchev–Trinajstić information content (AvgIpc) is 2.37. The molecule has 1 aromatic carbocycles. The zero-order valence-electron chi connectivity index (χ0n) is 12.7. The summed E-state index contributed by atoms with van der Waals surface area (Å²) in [5.41, 5.74) is 2.18. The maximum atomic E-state index is 12.0. The van der Waals surface area contributed by atoms with E-state index in [4.69, 9.17) is 16.3 Å². The third-order valence-corrected chi connectivity index (χ3v) is 4.40. The molecule has 1 aliphatic rings. The summed E-state index contributed by atoms with van der Waals surface area (Å²) in [6.45, 7) is 8.43. The summed E-state index contributed by atoms with van der Waals surface area (Å²) in [6.07, 6.45) is 0.974. The fourth-order valence-corrected chi connectivity index (χ4v) is 3.61. The lowest BCUT2D eigenvalue weighted by atomic mass is 9.79. The van der Waals surface area contributed by atoms with Crippen LogP contribution in [0.5, 0.6) is 0 Å². The fraction of sp³-hybridized carbons (Fsp3) is 0.562. The molecule has 0 saturated heterocycles. The van der Waals surface area contributed by atoms with Gasteiger partial charge in [-0.15, -0.1) is 0 Å². The van der Waals surface area contributed by atoms with Gasteiger partial charge in [0.25, 0.3) is 0 Å². The first-order valence-electron chi connectivity index (χ1n) is 6.94. The lowest BCUT2D eigenvalue weighted by Gasteiger charge is -2.49. The quantitative estimate of drug-likeness (QED) is 0.773. The number of ether oxygens (including phenoxy) is 1. The molecule has 20 heavy (non-hydrogen) atoms. The first kappa shape index (κ1) is 15.2. The molecule has 0 saturated carbocycles. The Morgan fingerprint density at radius 2 is 2.15 bits per heavy atom. The standard InChI is InChI=1S/C16H22ClNO2/c1-10-9-16(3,4)18(11(2)15(19)20-5)14-7-6-12(17)8-13(10)14/h6-8,10-11H,9H2,1-5H3/t10-,11+/m1/s1. The van der Waals surface area contributed by atoms with E-state index in [1.54, 1.807) is 0 Å². The van der Waals surface area contributed by atoms with Crippen molar-refractivity contribution in [3.63, 3.8) is 0 Å². The smallest absolute Gasteiger partial charge is 0.328 e. The molecule has 0 spiro atoms. The van der Waals surface area contributed by atoms with Crippen molar-refractivity contribution in [1.29, 1.82) is 0 Å². The van der Waals surface area contributed by atoms with Gasteiger partial charge in [-0.2, -0.15) is 0 Å². The van der Waals surface area contributed by atoms with E-state index in [1.807, 2.05) is 25.1 Å². The van der Waals surface area contributed by atoms with Crippen LogP contribution >= 0.6 is 11.6 Å². The highest BCUT2D eigenvalue weighted by atomic mass is 35.5. The van der Waals surface area contributed by atoms with Gasteiger partial charge in [-0.3, -0.25) is 0 Å². The monoisotopic (exact) mass is 295 g/mol. The second-order valence-electron chi connectivity index (χ2n) is 6.19. The Morgan fingerprint density at radius 3 is 2.75 bits per heavy atom. The molecule has 3 nitrogen and oxygen atoms in total. The maximum Gasteiger partial charge on any atom is 0.328 e. The molecule has 1 aromatic rings. The second-order valence-corrected chi connectivity index (χ2v) is 6.63. The van der Waals surface area contributed by atoms with Crippen LogP contribution in [0.4, 0.5) is 5.69 Å². The van der Waals surface area contributed by atoms with E-state index in [1.165, 1.54) is 12.7 Å². The normalized spacial score (nSPS) is 22.1. The van der Waals surface area contributed by atoms with Gasteiger partial charge in [0.1, 0.15) is 6.04 Å². The highest BCUT2D eigenvalue weighted by Crippen LogP contribution is 2.45. The van der Waals surface area contributed by atoms with Gasteiger partial charge >= 0.3 is 5.97 Å². The minimum absolute atomic E-state index is 0.103. The number of hydrogen-bond donors (Lipinski definition) is 0. The van der Waals surface area contributed by atoms with E-state index >= 15 is 0 Å². The molecule has 0 N–H and O–H groups in total. The first-order valence-corrected chi connectivity index (χ1v) is 7.32. The zero-order chi connectivity index (χ0) is 15.1. The number of fused-ring (bicyclic) bond motifs is 1. The van der Waals surface area contributed by atoms with Crippen LogP contribution in [-0.4, -0.2) is 24.7 Å². The van der Waals surface area contributed by atoms with Gasteiger partial charge in [0, 0.05) is 16.2 Å². The summed E-state index contributed by atoms with van der Waals surface area (Å²) in [7, 11) is 1.43. The predicted molar refractivity (Wildman–Crippen MR) is 82.5 cm³/mol. The van der Waals surface area contributed by atoms with Crippen molar-refractivity contribution in [2.24, 2.45) is 0 Å². The number of carbonyl (C=O) groups is 1. The van der Waals surface area contributed by atoms with Crippen LogP contribution in [0.25, 0.3) is 0 Å². The van der Waals surface area contributed by atoms with E-state index in [9.17, 15) is 4.79 Å². The Morgan fingerprint density at radius 1 is 1.50 bits per heavy atom. The fourth-order valence-electron chi connectivity index (χ4n) is 3.43. The number of halogens is 1. The van der Waals surface area contributed by atoms with Gasteiger partial charge in [-0.25, -0.2) is 4.79 Å².